The van der Waals surface area contributed by atoms with Crippen molar-refractivity contribution in [1.82, 2.24) is 24.6 Å². The van der Waals surface area contributed by atoms with Gasteiger partial charge in [-0.05, 0) is 38.8 Å². The van der Waals surface area contributed by atoms with E-state index in [1.54, 1.807) is 6.33 Å². The van der Waals surface area contributed by atoms with Crippen molar-refractivity contribution in [3.05, 3.63) is 42.0 Å². The molecule has 24 heavy (non-hydrogen) atoms. The van der Waals surface area contributed by atoms with Crippen LogP contribution in [-0.2, 0) is 0 Å². The van der Waals surface area contributed by atoms with E-state index in [2.05, 4.69) is 36.3 Å². The van der Waals surface area contributed by atoms with Gasteiger partial charge < -0.3 is 10.2 Å². The zero-order chi connectivity index (χ0) is 16.5. The summed E-state index contributed by atoms with van der Waals surface area (Å²) in [7, 11) is 0. The highest BCUT2D eigenvalue weighted by atomic mass is 15.4. The van der Waals surface area contributed by atoms with Crippen molar-refractivity contribution in [1.29, 1.82) is 0 Å². The van der Waals surface area contributed by atoms with Gasteiger partial charge in [-0.1, -0.05) is 6.07 Å². The first kappa shape index (κ1) is 14.9. The van der Waals surface area contributed by atoms with Crippen LogP contribution in [0.2, 0.25) is 0 Å². The first-order valence-electron chi connectivity index (χ1n) is 8.31. The molecule has 0 aliphatic carbocycles. The van der Waals surface area contributed by atoms with Gasteiger partial charge >= 0.3 is 0 Å². The third kappa shape index (κ3) is 2.89. The van der Waals surface area contributed by atoms with Crippen molar-refractivity contribution < 1.29 is 0 Å². The maximum atomic E-state index is 4.53. The van der Waals surface area contributed by atoms with E-state index in [1.165, 1.54) is 0 Å². The zero-order valence-corrected chi connectivity index (χ0v) is 14.0. The number of hydrogen-bond acceptors (Lipinski definition) is 6. The van der Waals surface area contributed by atoms with Gasteiger partial charge in [0.1, 0.15) is 18.0 Å². The molecule has 1 aliphatic rings. The van der Waals surface area contributed by atoms with Gasteiger partial charge in [0.15, 0.2) is 0 Å². The van der Waals surface area contributed by atoms with Crippen molar-refractivity contribution in [3.63, 3.8) is 0 Å². The van der Waals surface area contributed by atoms with Crippen LogP contribution in [0.5, 0.6) is 0 Å². The van der Waals surface area contributed by atoms with Gasteiger partial charge in [-0.2, -0.15) is 14.6 Å². The molecular weight excluding hydrogens is 302 g/mol. The Morgan fingerprint density at radius 2 is 1.92 bits per heavy atom. The van der Waals surface area contributed by atoms with E-state index >= 15 is 0 Å². The van der Waals surface area contributed by atoms with E-state index < -0.39 is 0 Å². The zero-order valence-electron chi connectivity index (χ0n) is 14.0. The molecule has 0 bridgehead atoms. The SMILES string of the molecule is Cc1cccc(NC2CCN(c3cc(C)nc4ncnn34)CC2)n1. The number of aryl methyl sites for hydroxylation is 2. The number of pyridine rings is 1. The van der Waals surface area contributed by atoms with Crippen molar-refractivity contribution in [3.8, 4) is 0 Å². The molecular formula is C17H21N7. The molecule has 0 spiro atoms. The summed E-state index contributed by atoms with van der Waals surface area (Å²) in [6, 6.07) is 8.62. The standard InChI is InChI=1S/C17H21N7/c1-12-4-3-5-15(20-12)22-14-6-8-23(9-7-14)16-10-13(2)21-17-18-11-19-24(16)17/h3-5,10-11,14H,6-9H2,1-2H3,(H,20,22). The van der Waals surface area contributed by atoms with Crippen LogP contribution in [0.4, 0.5) is 11.6 Å². The molecule has 7 heteroatoms. The summed E-state index contributed by atoms with van der Waals surface area (Å²) in [5.74, 6) is 2.70. The van der Waals surface area contributed by atoms with Gasteiger partial charge in [0.25, 0.3) is 5.78 Å². The Bertz CT molecular complexity index is 849. The van der Waals surface area contributed by atoms with Gasteiger partial charge in [-0.25, -0.2) is 9.97 Å². The van der Waals surface area contributed by atoms with Crippen molar-refractivity contribution >= 4 is 17.4 Å². The van der Waals surface area contributed by atoms with E-state index in [9.17, 15) is 0 Å². The Morgan fingerprint density at radius 1 is 1.08 bits per heavy atom. The third-order valence-electron chi connectivity index (χ3n) is 4.42. The molecule has 0 radical (unpaired) electrons. The number of aromatic nitrogens is 5. The number of rotatable bonds is 3. The summed E-state index contributed by atoms with van der Waals surface area (Å²) in [6.07, 6.45) is 3.68. The van der Waals surface area contributed by atoms with Gasteiger partial charge in [-0.3, -0.25) is 0 Å². The first-order chi connectivity index (χ1) is 11.7. The van der Waals surface area contributed by atoms with E-state index in [0.717, 1.165) is 49.0 Å². The lowest BCUT2D eigenvalue weighted by molar-refractivity contribution is 0.519. The highest BCUT2D eigenvalue weighted by Gasteiger charge is 2.22. The number of fused-ring (bicyclic) bond motifs is 1. The molecule has 0 atom stereocenters. The molecule has 3 aromatic rings. The molecule has 7 nitrogen and oxygen atoms in total. The van der Waals surface area contributed by atoms with Crippen LogP contribution in [0.25, 0.3) is 5.78 Å². The molecule has 1 saturated heterocycles. The molecule has 0 unspecified atom stereocenters. The molecule has 4 heterocycles. The molecule has 0 amide bonds. The van der Waals surface area contributed by atoms with Gasteiger partial charge in [0.2, 0.25) is 0 Å². The summed E-state index contributed by atoms with van der Waals surface area (Å²) in [5, 5.41) is 7.86. The normalized spacial score (nSPS) is 15.8. The van der Waals surface area contributed by atoms with Crippen molar-refractivity contribution in [2.75, 3.05) is 23.3 Å². The van der Waals surface area contributed by atoms with Gasteiger partial charge in [0, 0.05) is 36.6 Å². The Morgan fingerprint density at radius 3 is 2.71 bits per heavy atom. The molecule has 1 aliphatic heterocycles. The molecule has 1 N–H and O–H groups in total. The third-order valence-corrected chi connectivity index (χ3v) is 4.42. The van der Waals surface area contributed by atoms with Crippen LogP contribution in [-0.4, -0.2) is 43.7 Å². The van der Waals surface area contributed by atoms with Gasteiger partial charge in [-0.15, -0.1) is 0 Å². The predicted molar refractivity (Wildman–Crippen MR) is 93.4 cm³/mol. The Labute approximate surface area is 140 Å². The first-order valence-corrected chi connectivity index (χ1v) is 8.31. The lowest BCUT2D eigenvalue weighted by Gasteiger charge is -2.34. The second-order valence-electron chi connectivity index (χ2n) is 6.30. The molecule has 0 aromatic carbocycles. The quantitative estimate of drug-likeness (QED) is 0.797. The summed E-state index contributed by atoms with van der Waals surface area (Å²) < 4.78 is 1.82. The predicted octanol–water partition coefficient (Wildman–Crippen LogP) is 2.22. The summed E-state index contributed by atoms with van der Waals surface area (Å²) in [4.78, 5) is 15.5. The lowest BCUT2D eigenvalue weighted by Crippen LogP contribution is -2.40. The van der Waals surface area contributed by atoms with Crippen molar-refractivity contribution in [2.24, 2.45) is 0 Å². The number of anilines is 2. The van der Waals surface area contributed by atoms with E-state index in [1.807, 2.05) is 36.6 Å². The maximum absolute atomic E-state index is 4.53. The second kappa shape index (κ2) is 6.07. The van der Waals surface area contributed by atoms with E-state index in [0.29, 0.717) is 11.8 Å². The summed E-state index contributed by atoms with van der Waals surface area (Å²) >= 11 is 0. The highest BCUT2D eigenvalue weighted by Crippen LogP contribution is 2.22. The van der Waals surface area contributed by atoms with Crippen LogP contribution in [0.1, 0.15) is 24.2 Å². The highest BCUT2D eigenvalue weighted by molar-refractivity contribution is 5.48. The lowest BCUT2D eigenvalue weighted by atomic mass is 10.0. The average molecular weight is 323 g/mol. The number of hydrogen-bond donors (Lipinski definition) is 1. The Balaban J connectivity index is 1.46. The van der Waals surface area contributed by atoms with Crippen LogP contribution >= 0.6 is 0 Å². The average Bonchev–Trinajstić information content (AvgIpc) is 3.03. The van der Waals surface area contributed by atoms with Crippen LogP contribution in [0.3, 0.4) is 0 Å². The maximum Gasteiger partial charge on any atom is 0.254 e. The monoisotopic (exact) mass is 323 g/mol. The smallest absolute Gasteiger partial charge is 0.254 e. The minimum atomic E-state index is 0.449. The van der Waals surface area contributed by atoms with Crippen LogP contribution in [0.15, 0.2) is 30.6 Å². The summed E-state index contributed by atoms with van der Waals surface area (Å²) in [6.45, 7) is 5.96. The number of piperidine rings is 1. The number of nitrogens with zero attached hydrogens (tertiary/aromatic N) is 6. The molecule has 4 rings (SSSR count). The Hall–Kier alpha value is -2.70. The fourth-order valence-corrected chi connectivity index (χ4v) is 3.22. The number of nitrogens with one attached hydrogen (secondary N) is 1. The Kier molecular flexibility index (Phi) is 3.76. The fourth-order valence-electron chi connectivity index (χ4n) is 3.22. The summed E-state index contributed by atoms with van der Waals surface area (Å²) in [5.41, 5.74) is 2.01. The second-order valence-corrected chi connectivity index (χ2v) is 6.30. The molecule has 3 aromatic heterocycles. The van der Waals surface area contributed by atoms with Crippen LogP contribution in [0, 0.1) is 13.8 Å². The fraction of sp³-hybridized carbons (Fsp3) is 0.412. The van der Waals surface area contributed by atoms with E-state index in [4.69, 9.17) is 0 Å². The van der Waals surface area contributed by atoms with Crippen LogP contribution < -0.4 is 10.2 Å². The minimum Gasteiger partial charge on any atom is -0.367 e. The topological polar surface area (TPSA) is 71.2 Å². The molecule has 0 saturated carbocycles. The largest absolute Gasteiger partial charge is 0.367 e. The van der Waals surface area contributed by atoms with E-state index in [-0.39, 0.29) is 0 Å². The van der Waals surface area contributed by atoms with Gasteiger partial charge in [0.05, 0.1) is 0 Å². The minimum absolute atomic E-state index is 0.449. The van der Waals surface area contributed by atoms with Crippen molar-refractivity contribution in [2.45, 2.75) is 32.7 Å². The molecule has 124 valence electrons. The molecule has 1 fully saturated rings.